The number of hydrogen-bond acceptors (Lipinski definition) is 1. The fourth-order valence-corrected chi connectivity index (χ4v) is 1.83. The van der Waals surface area contributed by atoms with Crippen LogP contribution in [-0.2, 0) is 0 Å². The summed E-state index contributed by atoms with van der Waals surface area (Å²) >= 11 is 0. The number of aryl methyl sites for hydroxylation is 1. The molecule has 0 fully saturated rings. The van der Waals surface area contributed by atoms with Gasteiger partial charge in [0.15, 0.2) is 0 Å². The molecule has 0 aliphatic heterocycles. The lowest BCUT2D eigenvalue weighted by Gasteiger charge is -2.04. The molecule has 0 unspecified atom stereocenters. The molecule has 0 aromatic heterocycles. The van der Waals surface area contributed by atoms with E-state index in [1.807, 2.05) is 6.08 Å². The highest BCUT2D eigenvalue weighted by atomic mass is 14.3. The first kappa shape index (κ1) is 11.3. The molecule has 0 atom stereocenters. The van der Waals surface area contributed by atoms with E-state index in [2.05, 4.69) is 49.9 Å². The minimum atomic E-state index is 0.928. The lowest BCUT2D eigenvalue weighted by atomic mass is 10.0. The molecule has 17 heavy (non-hydrogen) atoms. The Kier molecular flexibility index (Phi) is 3.20. The maximum atomic E-state index is 6.96. The van der Waals surface area contributed by atoms with Crippen molar-refractivity contribution in [1.29, 1.82) is 5.41 Å². The van der Waals surface area contributed by atoms with Crippen LogP contribution in [-0.4, -0.2) is 6.21 Å². The summed E-state index contributed by atoms with van der Waals surface area (Å²) in [5, 5.41) is 9.43. The van der Waals surface area contributed by atoms with E-state index in [0.29, 0.717) is 0 Å². The van der Waals surface area contributed by atoms with E-state index in [0.717, 1.165) is 11.1 Å². The molecule has 0 heterocycles. The van der Waals surface area contributed by atoms with Crippen LogP contribution in [0, 0.1) is 12.3 Å². The quantitative estimate of drug-likeness (QED) is 0.588. The third kappa shape index (κ3) is 2.51. The van der Waals surface area contributed by atoms with E-state index in [1.165, 1.54) is 22.6 Å². The van der Waals surface area contributed by atoms with Crippen molar-refractivity contribution >= 4 is 22.6 Å². The van der Waals surface area contributed by atoms with Crippen LogP contribution in [0.5, 0.6) is 0 Å². The molecule has 0 aliphatic carbocycles. The Hall–Kier alpha value is -2.15. The van der Waals surface area contributed by atoms with Crippen molar-refractivity contribution < 1.29 is 0 Å². The molecular weight excluding hydrogens is 206 g/mol. The topological polar surface area (TPSA) is 23.9 Å². The zero-order valence-electron chi connectivity index (χ0n) is 9.90. The molecule has 2 aromatic carbocycles. The molecule has 1 nitrogen and oxygen atoms in total. The SMILES string of the molecule is C=C(/C=C\C=N)c1ccc2ccc(C)cc2c1. The maximum absolute atomic E-state index is 6.96. The number of nitrogens with one attached hydrogen (secondary N) is 1. The largest absolute Gasteiger partial charge is 0.309 e. The van der Waals surface area contributed by atoms with Gasteiger partial charge < -0.3 is 5.41 Å². The average Bonchev–Trinajstić information content (AvgIpc) is 2.35. The third-order valence-electron chi connectivity index (χ3n) is 2.76. The van der Waals surface area contributed by atoms with Crippen molar-refractivity contribution in [2.45, 2.75) is 6.92 Å². The third-order valence-corrected chi connectivity index (χ3v) is 2.76. The summed E-state index contributed by atoms with van der Waals surface area (Å²) in [6.45, 7) is 6.09. The summed E-state index contributed by atoms with van der Waals surface area (Å²) in [5.41, 5.74) is 3.29. The number of hydrogen-bond donors (Lipinski definition) is 1. The zero-order valence-corrected chi connectivity index (χ0v) is 9.90. The molecule has 2 aromatic rings. The van der Waals surface area contributed by atoms with Crippen LogP contribution >= 0.6 is 0 Å². The van der Waals surface area contributed by atoms with E-state index >= 15 is 0 Å². The van der Waals surface area contributed by atoms with Crippen LogP contribution in [0.15, 0.2) is 55.1 Å². The van der Waals surface area contributed by atoms with Gasteiger partial charge in [0, 0.05) is 6.21 Å². The maximum Gasteiger partial charge on any atom is 0.0177 e. The van der Waals surface area contributed by atoms with Gasteiger partial charge in [-0.3, -0.25) is 0 Å². The van der Waals surface area contributed by atoms with Crippen molar-refractivity contribution in [2.75, 3.05) is 0 Å². The van der Waals surface area contributed by atoms with Gasteiger partial charge in [-0.2, -0.15) is 0 Å². The lowest BCUT2D eigenvalue weighted by molar-refractivity contribution is 1.50. The van der Waals surface area contributed by atoms with E-state index in [1.54, 1.807) is 6.08 Å². The average molecular weight is 221 g/mol. The highest BCUT2D eigenvalue weighted by molar-refractivity contribution is 5.88. The van der Waals surface area contributed by atoms with Crippen molar-refractivity contribution in [3.8, 4) is 0 Å². The fraction of sp³-hybridized carbons (Fsp3) is 0.0625. The Labute approximate surface area is 102 Å². The molecule has 1 N–H and O–H groups in total. The summed E-state index contributed by atoms with van der Waals surface area (Å²) in [6.07, 6.45) is 4.79. The molecular formula is C16H15N. The van der Waals surface area contributed by atoms with Crippen LogP contribution in [0.2, 0.25) is 0 Å². The molecule has 0 aliphatic rings. The normalized spacial score (nSPS) is 10.9. The molecule has 0 amide bonds. The summed E-state index contributed by atoms with van der Waals surface area (Å²) < 4.78 is 0. The van der Waals surface area contributed by atoms with Crippen molar-refractivity contribution in [3.63, 3.8) is 0 Å². The molecule has 2 rings (SSSR count). The Bertz CT molecular complexity index is 606. The molecule has 0 saturated heterocycles. The van der Waals surface area contributed by atoms with Gasteiger partial charge in [0.1, 0.15) is 0 Å². The van der Waals surface area contributed by atoms with E-state index in [-0.39, 0.29) is 0 Å². The van der Waals surface area contributed by atoms with Gasteiger partial charge in [0.05, 0.1) is 0 Å². The standard InChI is InChI=1S/C16H15N/c1-12-5-6-14-7-8-15(11-16(14)10-12)13(2)4-3-9-17/h3-11,17H,2H2,1H3/b4-3-,17-9?. The number of fused-ring (bicyclic) bond motifs is 1. The van der Waals surface area contributed by atoms with E-state index < -0.39 is 0 Å². The van der Waals surface area contributed by atoms with Gasteiger partial charge in [-0.15, -0.1) is 0 Å². The Morgan fingerprint density at radius 2 is 1.88 bits per heavy atom. The zero-order chi connectivity index (χ0) is 12.3. The number of benzene rings is 2. The summed E-state index contributed by atoms with van der Waals surface area (Å²) in [4.78, 5) is 0. The second-order valence-corrected chi connectivity index (χ2v) is 4.12. The molecule has 0 spiro atoms. The first-order valence-corrected chi connectivity index (χ1v) is 5.57. The van der Waals surface area contributed by atoms with Crippen molar-refractivity contribution in [1.82, 2.24) is 0 Å². The molecule has 84 valence electrons. The van der Waals surface area contributed by atoms with E-state index in [4.69, 9.17) is 5.41 Å². The Morgan fingerprint density at radius 3 is 2.65 bits per heavy atom. The summed E-state index contributed by atoms with van der Waals surface area (Å²) in [7, 11) is 0. The first-order valence-electron chi connectivity index (χ1n) is 5.57. The summed E-state index contributed by atoms with van der Waals surface area (Å²) in [6, 6.07) is 12.7. The minimum Gasteiger partial charge on any atom is -0.309 e. The highest BCUT2D eigenvalue weighted by Gasteiger charge is 1.98. The van der Waals surface area contributed by atoms with Gasteiger partial charge in [0.25, 0.3) is 0 Å². The molecule has 0 radical (unpaired) electrons. The second-order valence-electron chi connectivity index (χ2n) is 4.12. The number of rotatable bonds is 3. The smallest absolute Gasteiger partial charge is 0.0177 e. The van der Waals surface area contributed by atoms with Gasteiger partial charge in [-0.1, -0.05) is 48.6 Å². The van der Waals surface area contributed by atoms with Gasteiger partial charge in [0.2, 0.25) is 0 Å². The fourth-order valence-electron chi connectivity index (χ4n) is 1.83. The summed E-state index contributed by atoms with van der Waals surface area (Å²) in [5.74, 6) is 0. The number of allylic oxidation sites excluding steroid dienone is 3. The van der Waals surface area contributed by atoms with Crippen LogP contribution in [0.1, 0.15) is 11.1 Å². The van der Waals surface area contributed by atoms with Crippen molar-refractivity contribution in [2.24, 2.45) is 0 Å². The second kappa shape index (κ2) is 4.79. The van der Waals surface area contributed by atoms with Crippen LogP contribution in [0.3, 0.4) is 0 Å². The minimum absolute atomic E-state index is 0.928. The van der Waals surface area contributed by atoms with Gasteiger partial charge in [-0.05, 0) is 41.0 Å². The highest BCUT2D eigenvalue weighted by Crippen LogP contribution is 2.22. The molecule has 0 bridgehead atoms. The van der Waals surface area contributed by atoms with Crippen LogP contribution in [0.4, 0.5) is 0 Å². The monoisotopic (exact) mass is 221 g/mol. The molecule has 1 heteroatoms. The van der Waals surface area contributed by atoms with Crippen molar-refractivity contribution in [3.05, 3.63) is 66.3 Å². The predicted molar refractivity (Wildman–Crippen MR) is 75.6 cm³/mol. The first-order chi connectivity index (χ1) is 8.20. The van der Waals surface area contributed by atoms with Crippen LogP contribution in [0.25, 0.3) is 16.3 Å². The predicted octanol–water partition coefficient (Wildman–Crippen LogP) is 4.37. The van der Waals surface area contributed by atoms with Gasteiger partial charge in [-0.25, -0.2) is 0 Å². The van der Waals surface area contributed by atoms with Gasteiger partial charge >= 0.3 is 0 Å². The Morgan fingerprint density at radius 1 is 1.12 bits per heavy atom. The molecule has 0 saturated carbocycles. The Balaban J connectivity index is 2.46. The van der Waals surface area contributed by atoms with E-state index in [9.17, 15) is 0 Å². The van der Waals surface area contributed by atoms with Crippen LogP contribution < -0.4 is 0 Å². The lowest BCUT2D eigenvalue weighted by Crippen LogP contribution is -1.81.